The summed E-state index contributed by atoms with van der Waals surface area (Å²) in [7, 11) is 0. The van der Waals surface area contributed by atoms with E-state index in [2.05, 4.69) is 25.5 Å². The molecule has 1 saturated heterocycles. The highest BCUT2D eigenvalue weighted by Crippen LogP contribution is 2.23. The molecule has 0 unspecified atom stereocenters. The van der Waals surface area contributed by atoms with E-state index in [1.54, 1.807) is 12.4 Å². The van der Waals surface area contributed by atoms with Crippen molar-refractivity contribution >= 4 is 11.7 Å². The molecule has 1 aliphatic heterocycles. The predicted octanol–water partition coefficient (Wildman–Crippen LogP) is 0.131. The molecule has 134 valence electrons. The maximum atomic E-state index is 11.3. The quantitative estimate of drug-likeness (QED) is 0.605. The summed E-state index contributed by atoms with van der Waals surface area (Å²) in [5.74, 6) is -0.0228. The Labute approximate surface area is 149 Å². The Morgan fingerprint density at radius 3 is 2.69 bits per heavy atom. The second-order valence-electron chi connectivity index (χ2n) is 6.19. The smallest absolute Gasteiger partial charge is 0.251 e. The fourth-order valence-corrected chi connectivity index (χ4v) is 3.00. The molecule has 0 spiro atoms. The van der Waals surface area contributed by atoms with Crippen molar-refractivity contribution in [2.75, 3.05) is 18.8 Å². The van der Waals surface area contributed by atoms with E-state index in [9.17, 15) is 4.79 Å². The summed E-state index contributed by atoms with van der Waals surface area (Å²) in [6.07, 6.45) is 10.3. The molecule has 10 heteroatoms. The highest BCUT2D eigenvalue weighted by molar-refractivity contribution is 5.92. The number of hydrogen-bond donors (Lipinski definition) is 3. The number of carbonyl (C=O) groups excluding carboxylic acids is 1. The number of anilines is 1. The predicted molar refractivity (Wildman–Crippen MR) is 94.4 cm³/mol. The molecular formula is C16H19N9O. The third-order valence-corrected chi connectivity index (χ3v) is 4.45. The number of aromatic nitrogens is 6. The van der Waals surface area contributed by atoms with Crippen LogP contribution in [-0.4, -0.2) is 48.5 Å². The number of nitrogens with zero attached hydrogens (tertiary/aromatic N) is 6. The molecule has 1 fully saturated rings. The summed E-state index contributed by atoms with van der Waals surface area (Å²) in [5.41, 5.74) is 12.9. The molecule has 4 rings (SSSR count). The third kappa shape index (κ3) is 3.02. The number of rotatable bonds is 4. The second kappa shape index (κ2) is 6.56. The van der Waals surface area contributed by atoms with Crippen LogP contribution in [0, 0.1) is 0 Å². The highest BCUT2D eigenvalue weighted by atomic mass is 16.1. The summed E-state index contributed by atoms with van der Waals surface area (Å²) in [5, 5.41) is 11.9. The van der Waals surface area contributed by atoms with E-state index in [0.29, 0.717) is 17.6 Å². The molecule has 1 aliphatic rings. The lowest BCUT2D eigenvalue weighted by atomic mass is 10.1. The van der Waals surface area contributed by atoms with Crippen molar-refractivity contribution in [2.24, 2.45) is 5.73 Å². The van der Waals surface area contributed by atoms with E-state index in [-0.39, 0.29) is 11.4 Å². The molecule has 0 radical (unpaired) electrons. The number of nitrogens with two attached hydrogens (primary N) is 2. The number of carbonyl (C=O) groups is 1. The third-order valence-electron chi connectivity index (χ3n) is 4.45. The fourth-order valence-electron chi connectivity index (χ4n) is 3.00. The van der Waals surface area contributed by atoms with Crippen LogP contribution in [0.1, 0.15) is 29.2 Å². The van der Waals surface area contributed by atoms with Gasteiger partial charge in [-0.15, -0.1) is 0 Å². The van der Waals surface area contributed by atoms with Crippen molar-refractivity contribution in [3.8, 4) is 17.1 Å². The van der Waals surface area contributed by atoms with Crippen LogP contribution in [0.15, 0.2) is 31.0 Å². The maximum Gasteiger partial charge on any atom is 0.251 e. The van der Waals surface area contributed by atoms with E-state index >= 15 is 0 Å². The van der Waals surface area contributed by atoms with Gasteiger partial charge in [-0.05, 0) is 25.9 Å². The Morgan fingerprint density at radius 2 is 1.96 bits per heavy atom. The van der Waals surface area contributed by atoms with Gasteiger partial charge in [-0.1, -0.05) is 0 Å². The van der Waals surface area contributed by atoms with E-state index in [1.165, 1.54) is 17.1 Å². The molecule has 1 amide bonds. The van der Waals surface area contributed by atoms with Crippen molar-refractivity contribution in [1.29, 1.82) is 0 Å². The van der Waals surface area contributed by atoms with Gasteiger partial charge in [0.25, 0.3) is 5.91 Å². The summed E-state index contributed by atoms with van der Waals surface area (Å²) in [6.45, 7) is 1.99. The lowest BCUT2D eigenvalue weighted by Gasteiger charge is -2.22. The molecule has 3 aromatic rings. The molecule has 0 saturated carbocycles. The minimum atomic E-state index is -0.567. The summed E-state index contributed by atoms with van der Waals surface area (Å²) in [6, 6.07) is 0.385. The lowest BCUT2D eigenvalue weighted by Crippen LogP contribution is -2.29. The number of hydrogen-bond acceptors (Lipinski definition) is 7. The van der Waals surface area contributed by atoms with E-state index in [4.69, 9.17) is 11.5 Å². The molecule has 0 aromatic carbocycles. The molecule has 26 heavy (non-hydrogen) atoms. The first-order chi connectivity index (χ1) is 12.6. The standard InChI is InChI=1S/C16H19N9O/c17-14-16(25-9-11(6-22-25)15(18)26)23-13(7-20-14)10-5-21-24(8-10)12-1-3-19-4-2-12/h5-9,12,19H,1-4H2,(H2,17,20)(H2,18,26). The SMILES string of the molecule is NC(=O)c1cnn(-c2nc(-c3cnn(C4CCNCC4)c3)cnc2N)c1. The average molecular weight is 353 g/mol. The number of nitrogen functional groups attached to an aromatic ring is 1. The van der Waals surface area contributed by atoms with Gasteiger partial charge in [0.15, 0.2) is 11.6 Å². The van der Waals surface area contributed by atoms with Crippen LogP contribution in [0.2, 0.25) is 0 Å². The topological polar surface area (TPSA) is 143 Å². The van der Waals surface area contributed by atoms with Crippen molar-refractivity contribution in [1.82, 2.24) is 34.8 Å². The molecule has 4 heterocycles. The first-order valence-corrected chi connectivity index (χ1v) is 8.34. The second-order valence-corrected chi connectivity index (χ2v) is 6.19. The Balaban J connectivity index is 1.65. The summed E-state index contributed by atoms with van der Waals surface area (Å²) >= 11 is 0. The zero-order valence-electron chi connectivity index (χ0n) is 14.0. The van der Waals surface area contributed by atoms with Crippen LogP contribution < -0.4 is 16.8 Å². The number of amides is 1. The molecule has 5 N–H and O–H groups in total. The number of primary amides is 1. The van der Waals surface area contributed by atoms with Gasteiger partial charge in [0.1, 0.15) is 0 Å². The van der Waals surface area contributed by atoms with Gasteiger partial charge in [-0.2, -0.15) is 10.2 Å². The average Bonchev–Trinajstić information content (AvgIpc) is 3.33. The monoisotopic (exact) mass is 353 g/mol. The van der Waals surface area contributed by atoms with Gasteiger partial charge in [-0.3, -0.25) is 9.48 Å². The zero-order chi connectivity index (χ0) is 18.1. The number of piperidine rings is 1. The van der Waals surface area contributed by atoms with Crippen LogP contribution in [-0.2, 0) is 0 Å². The van der Waals surface area contributed by atoms with Crippen LogP contribution in [0.3, 0.4) is 0 Å². The van der Waals surface area contributed by atoms with Crippen LogP contribution in [0.5, 0.6) is 0 Å². The van der Waals surface area contributed by atoms with Crippen LogP contribution in [0.4, 0.5) is 5.82 Å². The Bertz CT molecular complexity index is 939. The van der Waals surface area contributed by atoms with Gasteiger partial charge in [0.05, 0.1) is 35.9 Å². The Hall–Kier alpha value is -3.27. The summed E-state index contributed by atoms with van der Waals surface area (Å²) in [4.78, 5) is 20.0. The van der Waals surface area contributed by atoms with Crippen molar-refractivity contribution in [3.05, 3.63) is 36.5 Å². The van der Waals surface area contributed by atoms with Gasteiger partial charge in [0.2, 0.25) is 0 Å². The molecular weight excluding hydrogens is 334 g/mol. The minimum Gasteiger partial charge on any atom is -0.381 e. The minimum absolute atomic E-state index is 0.207. The van der Waals surface area contributed by atoms with Gasteiger partial charge in [-0.25, -0.2) is 14.6 Å². The van der Waals surface area contributed by atoms with E-state index < -0.39 is 5.91 Å². The van der Waals surface area contributed by atoms with Gasteiger partial charge >= 0.3 is 0 Å². The van der Waals surface area contributed by atoms with Crippen molar-refractivity contribution in [3.63, 3.8) is 0 Å². The van der Waals surface area contributed by atoms with Gasteiger partial charge in [0, 0.05) is 18.0 Å². The zero-order valence-corrected chi connectivity index (χ0v) is 14.0. The number of nitrogens with one attached hydrogen (secondary N) is 1. The molecule has 0 atom stereocenters. The Morgan fingerprint density at radius 1 is 1.15 bits per heavy atom. The van der Waals surface area contributed by atoms with Crippen LogP contribution >= 0.6 is 0 Å². The summed E-state index contributed by atoms with van der Waals surface area (Å²) < 4.78 is 3.37. The largest absolute Gasteiger partial charge is 0.381 e. The van der Waals surface area contributed by atoms with Crippen molar-refractivity contribution in [2.45, 2.75) is 18.9 Å². The first kappa shape index (κ1) is 16.2. The fraction of sp³-hybridized carbons (Fsp3) is 0.312. The van der Waals surface area contributed by atoms with E-state index in [1.807, 2.05) is 10.9 Å². The Kier molecular flexibility index (Phi) is 4.09. The molecule has 0 aliphatic carbocycles. The lowest BCUT2D eigenvalue weighted by molar-refractivity contribution is 0.100. The molecule has 10 nitrogen and oxygen atoms in total. The normalized spacial score (nSPS) is 15.2. The molecule has 0 bridgehead atoms. The van der Waals surface area contributed by atoms with Crippen LogP contribution in [0.25, 0.3) is 17.1 Å². The van der Waals surface area contributed by atoms with E-state index in [0.717, 1.165) is 31.5 Å². The maximum absolute atomic E-state index is 11.3. The molecule has 3 aromatic heterocycles. The first-order valence-electron chi connectivity index (χ1n) is 8.34. The van der Waals surface area contributed by atoms with Crippen molar-refractivity contribution < 1.29 is 4.79 Å². The van der Waals surface area contributed by atoms with Gasteiger partial charge < -0.3 is 16.8 Å². The highest BCUT2D eigenvalue weighted by Gasteiger charge is 2.17.